The van der Waals surface area contributed by atoms with Crippen LogP contribution >= 0.6 is 0 Å². The zero-order valence-electron chi connectivity index (χ0n) is 6.78. The van der Waals surface area contributed by atoms with E-state index in [2.05, 4.69) is 5.32 Å². The van der Waals surface area contributed by atoms with Gasteiger partial charge in [-0.3, -0.25) is 10.1 Å². The van der Waals surface area contributed by atoms with Gasteiger partial charge in [-0.2, -0.15) is 0 Å². The Balaban J connectivity index is 2.88. The van der Waals surface area contributed by atoms with Gasteiger partial charge in [-0.05, 0) is 12.6 Å². The lowest BCUT2D eigenvalue weighted by Crippen LogP contribution is -2.04. The Kier molecular flexibility index (Phi) is 2.76. The molecule has 4 heteroatoms. The zero-order chi connectivity index (χ0) is 8.97. The SMILES string of the molecule is CNCc1cccc([N+](=O)[O-])c1. The second kappa shape index (κ2) is 3.82. The fourth-order valence-corrected chi connectivity index (χ4v) is 0.984. The minimum atomic E-state index is -0.390. The highest BCUT2D eigenvalue weighted by Crippen LogP contribution is 2.12. The maximum absolute atomic E-state index is 10.3. The van der Waals surface area contributed by atoms with Gasteiger partial charge < -0.3 is 5.32 Å². The van der Waals surface area contributed by atoms with Crippen LogP contribution in [0.25, 0.3) is 0 Å². The molecular weight excluding hydrogens is 156 g/mol. The monoisotopic (exact) mass is 166 g/mol. The Morgan fingerprint density at radius 1 is 1.58 bits per heavy atom. The Morgan fingerprint density at radius 3 is 2.92 bits per heavy atom. The molecule has 1 rings (SSSR count). The number of nitro benzene ring substituents is 1. The lowest BCUT2D eigenvalue weighted by molar-refractivity contribution is -0.384. The molecule has 12 heavy (non-hydrogen) atoms. The van der Waals surface area contributed by atoms with Crippen LogP contribution < -0.4 is 5.32 Å². The number of hydrogen-bond donors (Lipinski definition) is 1. The molecule has 0 atom stereocenters. The summed E-state index contributed by atoms with van der Waals surface area (Å²) in [6.07, 6.45) is 0. The van der Waals surface area contributed by atoms with Crippen molar-refractivity contribution in [3.8, 4) is 0 Å². The van der Waals surface area contributed by atoms with Crippen molar-refractivity contribution in [3.63, 3.8) is 0 Å². The highest BCUT2D eigenvalue weighted by atomic mass is 16.6. The molecule has 0 bridgehead atoms. The first kappa shape index (κ1) is 8.67. The molecule has 0 unspecified atom stereocenters. The number of non-ortho nitro benzene ring substituents is 1. The maximum Gasteiger partial charge on any atom is 0.269 e. The van der Waals surface area contributed by atoms with Crippen molar-refractivity contribution in [1.82, 2.24) is 5.32 Å². The molecule has 1 aromatic rings. The fraction of sp³-hybridized carbons (Fsp3) is 0.250. The van der Waals surface area contributed by atoms with Gasteiger partial charge in [0.15, 0.2) is 0 Å². The molecule has 4 nitrogen and oxygen atoms in total. The van der Waals surface area contributed by atoms with Crippen molar-refractivity contribution < 1.29 is 4.92 Å². The third kappa shape index (κ3) is 2.03. The smallest absolute Gasteiger partial charge is 0.269 e. The molecule has 0 fully saturated rings. The van der Waals surface area contributed by atoms with Gasteiger partial charge in [-0.15, -0.1) is 0 Å². The van der Waals surface area contributed by atoms with Gasteiger partial charge in [0.2, 0.25) is 0 Å². The molecule has 0 aliphatic carbocycles. The molecule has 0 amide bonds. The van der Waals surface area contributed by atoms with Crippen molar-refractivity contribution in [2.75, 3.05) is 7.05 Å². The Labute approximate surface area is 70.4 Å². The van der Waals surface area contributed by atoms with Crippen LogP contribution in [-0.4, -0.2) is 12.0 Å². The molecule has 0 radical (unpaired) electrons. The van der Waals surface area contributed by atoms with Crippen LogP contribution in [0.3, 0.4) is 0 Å². The van der Waals surface area contributed by atoms with Crippen molar-refractivity contribution in [2.45, 2.75) is 6.54 Å². The average Bonchev–Trinajstić information content (AvgIpc) is 2.05. The molecule has 0 aliphatic rings. The molecule has 1 aromatic carbocycles. The number of nitro groups is 1. The molecule has 0 aliphatic heterocycles. The first-order valence-corrected chi connectivity index (χ1v) is 3.62. The predicted molar refractivity (Wildman–Crippen MR) is 45.9 cm³/mol. The Bertz CT molecular complexity index is 286. The van der Waals surface area contributed by atoms with Crippen LogP contribution in [0.5, 0.6) is 0 Å². The number of benzene rings is 1. The van der Waals surface area contributed by atoms with Crippen LogP contribution in [0.2, 0.25) is 0 Å². The summed E-state index contributed by atoms with van der Waals surface area (Å²) in [7, 11) is 1.80. The molecule has 0 saturated carbocycles. The number of nitrogens with one attached hydrogen (secondary N) is 1. The first-order chi connectivity index (χ1) is 5.74. The van der Waals surface area contributed by atoms with Gasteiger partial charge in [0, 0.05) is 18.7 Å². The van der Waals surface area contributed by atoms with E-state index < -0.39 is 0 Å². The normalized spacial score (nSPS) is 9.75. The molecule has 64 valence electrons. The average molecular weight is 166 g/mol. The summed E-state index contributed by atoms with van der Waals surface area (Å²) in [6.45, 7) is 0.654. The third-order valence-electron chi connectivity index (χ3n) is 1.50. The minimum Gasteiger partial charge on any atom is -0.316 e. The van der Waals surface area contributed by atoms with E-state index in [1.54, 1.807) is 19.2 Å². The van der Waals surface area contributed by atoms with Crippen LogP contribution in [0.4, 0.5) is 5.69 Å². The van der Waals surface area contributed by atoms with Gasteiger partial charge in [0.25, 0.3) is 5.69 Å². The number of rotatable bonds is 3. The van der Waals surface area contributed by atoms with Gasteiger partial charge in [-0.25, -0.2) is 0 Å². The quantitative estimate of drug-likeness (QED) is 0.544. The summed E-state index contributed by atoms with van der Waals surface area (Å²) in [4.78, 5) is 9.95. The first-order valence-electron chi connectivity index (χ1n) is 3.62. The summed E-state index contributed by atoms with van der Waals surface area (Å²) in [5.74, 6) is 0. The molecule has 1 N–H and O–H groups in total. The lowest BCUT2D eigenvalue weighted by Gasteiger charge is -1.98. The molecule has 0 heterocycles. The van der Waals surface area contributed by atoms with E-state index in [0.29, 0.717) is 6.54 Å². The number of nitrogens with zero attached hydrogens (tertiary/aromatic N) is 1. The standard InChI is InChI=1S/C8H10N2O2/c1-9-6-7-3-2-4-8(5-7)10(11)12/h2-5,9H,6H2,1H3. The molecule has 0 aromatic heterocycles. The summed E-state index contributed by atoms with van der Waals surface area (Å²) in [5.41, 5.74) is 1.06. The highest BCUT2D eigenvalue weighted by molar-refractivity contribution is 5.34. The van der Waals surface area contributed by atoms with E-state index in [0.717, 1.165) is 5.56 Å². The van der Waals surface area contributed by atoms with Crippen molar-refractivity contribution in [3.05, 3.63) is 39.9 Å². The van der Waals surface area contributed by atoms with E-state index >= 15 is 0 Å². The summed E-state index contributed by atoms with van der Waals surface area (Å²) < 4.78 is 0. The van der Waals surface area contributed by atoms with Gasteiger partial charge in [0.1, 0.15) is 0 Å². The summed E-state index contributed by atoms with van der Waals surface area (Å²) in [5, 5.41) is 13.3. The van der Waals surface area contributed by atoms with E-state index in [4.69, 9.17) is 0 Å². The topological polar surface area (TPSA) is 55.2 Å². The van der Waals surface area contributed by atoms with Crippen molar-refractivity contribution >= 4 is 5.69 Å². The summed E-state index contributed by atoms with van der Waals surface area (Å²) in [6, 6.07) is 6.59. The van der Waals surface area contributed by atoms with Gasteiger partial charge in [-0.1, -0.05) is 12.1 Å². The van der Waals surface area contributed by atoms with Crippen LogP contribution in [0, 0.1) is 10.1 Å². The van der Waals surface area contributed by atoms with E-state index in [9.17, 15) is 10.1 Å². The molecular formula is C8H10N2O2. The lowest BCUT2D eigenvalue weighted by atomic mass is 10.2. The summed E-state index contributed by atoms with van der Waals surface area (Å²) >= 11 is 0. The second-order valence-corrected chi connectivity index (χ2v) is 2.46. The van der Waals surface area contributed by atoms with Crippen molar-refractivity contribution in [1.29, 1.82) is 0 Å². The zero-order valence-corrected chi connectivity index (χ0v) is 6.78. The third-order valence-corrected chi connectivity index (χ3v) is 1.50. The van der Waals surface area contributed by atoms with Crippen LogP contribution in [0.15, 0.2) is 24.3 Å². The van der Waals surface area contributed by atoms with E-state index in [1.807, 2.05) is 6.07 Å². The predicted octanol–water partition coefficient (Wildman–Crippen LogP) is 1.31. The van der Waals surface area contributed by atoms with Crippen LogP contribution in [0.1, 0.15) is 5.56 Å². The van der Waals surface area contributed by atoms with E-state index in [1.165, 1.54) is 6.07 Å². The fourth-order valence-electron chi connectivity index (χ4n) is 0.984. The van der Waals surface area contributed by atoms with Gasteiger partial charge >= 0.3 is 0 Å². The highest BCUT2D eigenvalue weighted by Gasteiger charge is 2.03. The molecule has 0 saturated heterocycles. The second-order valence-electron chi connectivity index (χ2n) is 2.46. The Hall–Kier alpha value is -1.42. The Morgan fingerprint density at radius 2 is 2.33 bits per heavy atom. The largest absolute Gasteiger partial charge is 0.316 e. The number of hydrogen-bond acceptors (Lipinski definition) is 3. The molecule has 0 spiro atoms. The van der Waals surface area contributed by atoms with Gasteiger partial charge in [0.05, 0.1) is 4.92 Å². The van der Waals surface area contributed by atoms with E-state index in [-0.39, 0.29) is 10.6 Å². The van der Waals surface area contributed by atoms with Crippen LogP contribution in [-0.2, 0) is 6.54 Å². The maximum atomic E-state index is 10.3. The minimum absolute atomic E-state index is 0.141. The van der Waals surface area contributed by atoms with Crippen molar-refractivity contribution in [2.24, 2.45) is 0 Å².